The van der Waals surface area contributed by atoms with Gasteiger partial charge in [-0.1, -0.05) is 55.3 Å². The van der Waals surface area contributed by atoms with Crippen LogP contribution in [0, 0.1) is 0 Å². The molecule has 0 bridgehead atoms. The van der Waals surface area contributed by atoms with Crippen LogP contribution in [0.25, 0.3) is 11.1 Å². The number of alkyl halides is 3. The highest BCUT2D eigenvalue weighted by Gasteiger charge is 2.33. The maximum Gasteiger partial charge on any atom is 0.417 e. The van der Waals surface area contributed by atoms with Crippen molar-refractivity contribution in [2.45, 2.75) is 25.9 Å². The molecule has 0 saturated carbocycles. The summed E-state index contributed by atoms with van der Waals surface area (Å²) < 4.78 is 38.5. The van der Waals surface area contributed by atoms with Gasteiger partial charge in [0.05, 0.1) is 10.6 Å². The first-order valence-corrected chi connectivity index (χ1v) is 6.75. The average Bonchev–Trinajstić information content (AvgIpc) is 2.39. The molecule has 0 spiro atoms. The van der Waals surface area contributed by atoms with Crippen LogP contribution < -0.4 is 0 Å². The molecule has 0 amide bonds. The van der Waals surface area contributed by atoms with Crippen LogP contribution in [-0.4, -0.2) is 0 Å². The molecule has 0 radical (unpaired) electrons. The zero-order valence-electron chi connectivity index (χ0n) is 11.0. The summed E-state index contributed by atoms with van der Waals surface area (Å²) in [5.41, 5.74) is 1.66. The van der Waals surface area contributed by atoms with E-state index in [4.69, 9.17) is 11.6 Å². The minimum atomic E-state index is -4.44. The highest BCUT2D eigenvalue weighted by Crippen LogP contribution is 2.37. The van der Waals surface area contributed by atoms with Gasteiger partial charge in [0.25, 0.3) is 0 Å². The monoisotopic (exact) mass is 298 g/mol. The zero-order chi connectivity index (χ0) is 14.8. The molecule has 106 valence electrons. The van der Waals surface area contributed by atoms with E-state index >= 15 is 0 Å². The highest BCUT2D eigenvalue weighted by atomic mass is 35.5. The largest absolute Gasteiger partial charge is 0.417 e. The Morgan fingerprint density at radius 3 is 2.10 bits per heavy atom. The zero-order valence-corrected chi connectivity index (χ0v) is 11.7. The van der Waals surface area contributed by atoms with Crippen molar-refractivity contribution in [1.82, 2.24) is 0 Å². The predicted octanol–water partition coefficient (Wildman–Crippen LogP) is 5.98. The van der Waals surface area contributed by atoms with Gasteiger partial charge in [-0.15, -0.1) is 0 Å². The van der Waals surface area contributed by atoms with Crippen LogP contribution in [0.15, 0.2) is 42.5 Å². The maximum atomic E-state index is 12.8. The summed E-state index contributed by atoms with van der Waals surface area (Å²) in [5.74, 6) is 0. The topological polar surface area (TPSA) is 0 Å². The van der Waals surface area contributed by atoms with E-state index in [-0.39, 0.29) is 5.02 Å². The molecule has 20 heavy (non-hydrogen) atoms. The summed E-state index contributed by atoms with van der Waals surface area (Å²) in [6.07, 6.45) is -2.43. The van der Waals surface area contributed by atoms with Crippen LogP contribution in [0.1, 0.15) is 24.5 Å². The minimum Gasteiger partial charge on any atom is -0.166 e. The molecule has 2 aromatic carbocycles. The molecule has 0 N–H and O–H groups in total. The summed E-state index contributed by atoms with van der Waals surface area (Å²) in [6, 6.07) is 11.6. The Hall–Kier alpha value is -1.48. The number of hydrogen-bond donors (Lipinski definition) is 0. The van der Waals surface area contributed by atoms with Crippen LogP contribution in [0.4, 0.5) is 13.2 Å². The smallest absolute Gasteiger partial charge is 0.166 e. The molecule has 4 heteroatoms. The van der Waals surface area contributed by atoms with Gasteiger partial charge in [-0.25, -0.2) is 0 Å². The van der Waals surface area contributed by atoms with E-state index in [1.54, 1.807) is 6.07 Å². The normalized spacial score (nSPS) is 11.7. The van der Waals surface area contributed by atoms with Crippen molar-refractivity contribution >= 4 is 11.6 Å². The molecule has 0 aliphatic carbocycles. The second-order valence-corrected chi connectivity index (χ2v) is 5.05. The van der Waals surface area contributed by atoms with Crippen LogP contribution in [0.5, 0.6) is 0 Å². The summed E-state index contributed by atoms with van der Waals surface area (Å²) in [7, 11) is 0. The molecule has 0 aliphatic rings. The molecule has 2 rings (SSSR count). The second kappa shape index (κ2) is 5.88. The first-order chi connectivity index (χ1) is 9.41. The highest BCUT2D eigenvalue weighted by molar-refractivity contribution is 6.31. The molecule has 0 aromatic heterocycles. The molecule has 0 aliphatic heterocycles. The van der Waals surface area contributed by atoms with Crippen LogP contribution >= 0.6 is 11.6 Å². The predicted molar refractivity (Wildman–Crippen MR) is 75.9 cm³/mol. The fourth-order valence-corrected chi connectivity index (χ4v) is 2.30. The SMILES string of the molecule is CCCc1ccc(-c2ccc(Cl)c(C(F)(F)F)c2)cc1. The third-order valence-corrected chi connectivity index (χ3v) is 3.43. The van der Waals surface area contributed by atoms with Crippen molar-refractivity contribution in [1.29, 1.82) is 0 Å². The number of hydrogen-bond acceptors (Lipinski definition) is 0. The van der Waals surface area contributed by atoms with Gasteiger partial charge >= 0.3 is 6.18 Å². The molecular formula is C16H14ClF3. The van der Waals surface area contributed by atoms with Crippen molar-refractivity contribution in [3.63, 3.8) is 0 Å². The second-order valence-electron chi connectivity index (χ2n) is 4.64. The molecule has 0 fully saturated rings. The fourth-order valence-electron chi connectivity index (χ4n) is 2.07. The molecule has 0 atom stereocenters. The number of aryl methyl sites for hydroxylation is 1. The average molecular weight is 299 g/mol. The van der Waals surface area contributed by atoms with Crippen molar-refractivity contribution in [2.24, 2.45) is 0 Å². The Morgan fingerprint density at radius 2 is 1.55 bits per heavy atom. The number of benzene rings is 2. The first kappa shape index (κ1) is 14.9. The van der Waals surface area contributed by atoms with Gasteiger partial charge in [-0.2, -0.15) is 13.2 Å². The Kier molecular flexibility index (Phi) is 4.39. The van der Waals surface area contributed by atoms with E-state index in [0.717, 1.165) is 24.5 Å². The summed E-state index contributed by atoms with van der Waals surface area (Å²) in [5, 5.41) is -0.274. The van der Waals surface area contributed by atoms with Crippen molar-refractivity contribution in [3.8, 4) is 11.1 Å². The van der Waals surface area contributed by atoms with Crippen LogP contribution in [-0.2, 0) is 12.6 Å². The fraction of sp³-hybridized carbons (Fsp3) is 0.250. The molecule has 2 aromatic rings. The number of rotatable bonds is 3. The third-order valence-electron chi connectivity index (χ3n) is 3.10. The van der Waals surface area contributed by atoms with Crippen molar-refractivity contribution < 1.29 is 13.2 Å². The summed E-state index contributed by atoms with van der Waals surface area (Å²) >= 11 is 5.61. The van der Waals surface area contributed by atoms with Crippen LogP contribution in [0.3, 0.4) is 0 Å². The Labute approximate surface area is 121 Å². The van der Waals surface area contributed by atoms with E-state index < -0.39 is 11.7 Å². The van der Waals surface area contributed by atoms with Gasteiger partial charge in [-0.3, -0.25) is 0 Å². The van der Waals surface area contributed by atoms with Gasteiger partial charge in [0, 0.05) is 0 Å². The van der Waals surface area contributed by atoms with E-state index in [9.17, 15) is 13.2 Å². The van der Waals surface area contributed by atoms with Crippen molar-refractivity contribution in [3.05, 3.63) is 58.6 Å². The van der Waals surface area contributed by atoms with Gasteiger partial charge in [-0.05, 0) is 35.2 Å². The molecular weight excluding hydrogens is 285 g/mol. The lowest BCUT2D eigenvalue weighted by Gasteiger charge is -2.11. The van der Waals surface area contributed by atoms with E-state index in [2.05, 4.69) is 6.92 Å². The molecule has 0 saturated heterocycles. The van der Waals surface area contributed by atoms with Crippen LogP contribution in [0.2, 0.25) is 5.02 Å². The molecule has 0 heterocycles. The molecule has 0 unspecified atom stereocenters. The Bertz CT molecular complexity index is 586. The minimum absolute atomic E-state index is 0.274. The summed E-state index contributed by atoms with van der Waals surface area (Å²) in [4.78, 5) is 0. The third kappa shape index (κ3) is 3.34. The van der Waals surface area contributed by atoms with Gasteiger partial charge in [0.1, 0.15) is 0 Å². The first-order valence-electron chi connectivity index (χ1n) is 6.38. The van der Waals surface area contributed by atoms with E-state index in [1.165, 1.54) is 11.6 Å². The maximum absolute atomic E-state index is 12.8. The summed E-state index contributed by atoms with van der Waals surface area (Å²) in [6.45, 7) is 2.09. The van der Waals surface area contributed by atoms with E-state index in [1.807, 2.05) is 24.3 Å². The quantitative estimate of drug-likeness (QED) is 0.654. The lowest BCUT2D eigenvalue weighted by molar-refractivity contribution is -0.137. The van der Waals surface area contributed by atoms with E-state index in [0.29, 0.717) is 5.56 Å². The standard InChI is InChI=1S/C16H14ClF3/c1-2-3-11-4-6-12(7-5-11)13-8-9-15(17)14(10-13)16(18,19)20/h4-10H,2-3H2,1H3. The van der Waals surface area contributed by atoms with Gasteiger partial charge < -0.3 is 0 Å². The Balaban J connectivity index is 2.38. The van der Waals surface area contributed by atoms with Gasteiger partial charge in [0.15, 0.2) is 0 Å². The van der Waals surface area contributed by atoms with Crippen molar-refractivity contribution in [2.75, 3.05) is 0 Å². The lowest BCUT2D eigenvalue weighted by Crippen LogP contribution is -2.05. The lowest BCUT2D eigenvalue weighted by atomic mass is 10.0. The molecule has 0 nitrogen and oxygen atoms in total. The Morgan fingerprint density at radius 1 is 0.950 bits per heavy atom. The van der Waals surface area contributed by atoms with Gasteiger partial charge in [0.2, 0.25) is 0 Å². The number of halogens is 4.